The second kappa shape index (κ2) is 9.82. The Morgan fingerprint density at radius 1 is 1.60 bits per heavy atom. The Kier molecular flexibility index (Phi) is 8.36. The number of nitrogens with one attached hydrogen (secondary N) is 2. The summed E-state index contributed by atoms with van der Waals surface area (Å²) in [6, 6.07) is 0. The van der Waals surface area contributed by atoms with E-state index in [4.69, 9.17) is 4.74 Å². The van der Waals surface area contributed by atoms with Gasteiger partial charge in [-0.2, -0.15) is 0 Å². The number of rotatable bonds is 10. The molecule has 0 spiro atoms. The molecule has 1 atom stereocenters. The Hall–Kier alpha value is -1.02. The van der Waals surface area contributed by atoms with E-state index in [1.807, 2.05) is 12.4 Å². The molecule has 114 valence electrons. The smallest absolute Gasteiger partial charge is 0.221 e. The first kappa shape index (κ1) is 17.0. The van der Waals surface area contributed by atoms with Crippen molar-refractivity contribution in [3.05, 3.63) is 16.1 Å². The van der Waals surface area contributed by atoms with Crippen LogP contribution in [0.3, 0.4) is 0 Å². The normalized spacial score (nSPS) is 12.3. The number of thiazole rings is 1. The molecular weight excluding hydrogens is 278 g/mol. The lowest BCUT2D eigenvalue weighted by Gasteiger charge is -2.12. The Morgan fingerprint density at radius 2 is 2.40 bits per heavy atom. The number of ether oxygens (including phenoxy) is 1. The Labute approximate surface area is 123 Å². The second-order valence-corrected chi connectivity index (χ2v) is 5.41. The van der Waals surface area contributed by atoms with E-state index >= 15 is 0 Å². The Bertz CT molecular complexity index is 398. The van der Waals surface area contributed by atoms with Crippen LogP contribution in [0.25, 0.3) is 0 Å². The maximum Gasteiger partial charge on any atom is 0.221 e. The van der Waals surface area contributed by atoms with Gasteiger partial charge in [0.25, 0.3) is 0 Å². The van der Waals surface area contributed by atoms with Gasteiger partial charge in [0.05, 0.1) is 30.5 Å². The van der Waals surface area contributed by atoms with E-state index in [0.717, 1.165) is 12.1 Å². The zero-order valence-electron chi connectivity index (χ0n) is 12.0. The number of hydrogen-bond acceptors (Lipinski definition) is 6. The van der Waals surface area contributed by atoms with Crippen molar-refractivity contribution in [2.45, 2.75) is 25.9 Å². The summed E-state index contributed by atoms with van der Waals surface area (Å²) in [7, 11) is 1.61. The van der Waals surface area contributed by atoms with Crippen LogP contribution in [0.1, 0.15) is 17.0 Å². The third-order valence-corrected chi connectivity index (χ3v) is 3.81. The molecule has 1 heterocycles. The van der Waals surface area contributed by atoms with Gasteiger partial charge in [0.15, 0.2) is 0 Å². The lowest BCUT2D eigenvalue weighted by Crippen LogP contribution is -2.33. The highest BCUT2D eigenvalue weighted by Crippen LogP contribution is 2.12. The molecule has 0 bridgehead atoms. The van der Waals surface area contributed by atoms with Crippen molar-refractivity contribution >= 4 is 17.2 Å². The van der Waals surface area contributed by atoms with Gasteiger partial charge >= 0.3 is 0 Å². The van der Waals surface area contributed by atoms with Crippen LogP contribution in [-0.2, 0) is 16.0 Å². The van der Waals surface area contributed by atoms with E-state index in [2.05, 4.69) is 15.6 Å². The predicted octanol–water partition coefficient (Wildman–Crippen LogP) is 0.0972. The van der Waals surface area contributed by atoms with Crippen molar-refractivity contribution in [2.24, 2.45) is 0 Å². The topological polar surface area (TPSA) is 83.5 Å². The van der Waals surface area contributed by atoms with Gasteiger partial charge in [-0.1, -0.05) is 0 Å². The summed E-state index contributed by atoms with van der Waals surface area (Å²) in [6.07, 6.45) is 0.685. The van der Waals surface area contributed by atoms with Crippen LogP contribution >= 0.6 is 11.3 Å². The molecule has 0 aliphatic heterocycles. The zero-order chi connectivity index (χ0) is 14.8. The molecule has 0 radical (unpaired) electrons. The van der Waals surface area contributed by atoms with Gasteiger partial charge in [-0.05, 0) is 6.92 Å². The number of nitrogens with zero attached hydrogens (tertiary/aromatic N) is 1. The number of amides is 1. The number of aliphatic hydroxyl groups excluding tert-OH is 1. The third kappa shape index (κ3) is 6.95. The van der Waals surface area contributed by atoms with E-state index < -0.39 is 6.10 Å². The molecule has 1 unspecified atom stereocenters. The average Bonchev–Trinajstić information content (AvgIpc) is 2.85. The van der Waals surface area contributed by atoms with Crippen LogP contribution in [0.2, 0.25) is 0 Å². The largest absolute Gasteiger partial charge is 0.389 e. The van der Waals surface area contributed by atoms with Gasteiger partial charge in [-0.15, -0.1) is 11.3 Å². The molecule has 0 aromatic carbocycles. The van der Waals surface area contributed by atoms with Crippen molar-refractivity contribution in [2.75, 3.05) is 33.4 Å². The van der Waals surface area contributed by atoms with Gasteiger partial charge in [0.1, 0.15) is 0 Å². The molecule has 20 heavy (non-hydrogen) atoms. The van der Waals surface area contributed by atoms with Gasteiger partial charge in [0, 0.05) is 37.9 Å². The minimum Gasteiger partial charge on any atom is -0.389 e. The summed E-state index contributed by atoms with van der Waals surface area (Å²) in [5.41, 5.74) is 2.88. The summed E-state index contributed by atoms with van der Waals surface area (Å²) in [5, 5.41) is 15.2. The minimum atomic E-state index is -0.553. The van der Waals surface area contributed by atoms with Crippen LogP contribution in [0, 0.1) is 6.92 Å². The van der Waals surface area contributed by atoms with Crippen LogP contribution in [-0.4, -0.2) is 55.5 Å². The molecule has 6 nitrogen and oxygen atoms in total. The molecule has 1 amide bonds. The minimum absolute atomic E-state index is 0.0110. The number of aromatic nitrogens is 1. The first-order valence-electron chi connectivity index (χ1n) is 6.69. The van der Waals surface area contributed by atoms with Crippen molar-refractivity contribution in [1.82, 2.24) is 15.6 Å². The molecule has 0 aliphatic carbocycles. The summed E-state index contributed by atoms with van der Waals surface area (Å²) >= 11 is 1.63. The van der Waals surface area contributed by atoms with Gasteiger partial charge < -0.3 is 20.5 Å². The second-order valence-electron chi connectivity index (χ2n) is 4.47. The fourth-order valence-electron chi connectivity index (χ4n) is 1.60. The lowest BCUT2D eigenvalue weighted by atomic mass is 10.3. The summed E-state index contributed by atoms with van der Waals surface area (Å²) in [5.74, 6) is -0.0110. The summed E-state index contributed by atoms with van der Waals surface area (Å²) < 4.78 is 5.43. The molecule has 7 heteroatoms. The summed E-state index contributed by atoms with van der Waals surface area (Å²) in [4.78, 5) is 16.4. The molecule has 0 aliphatic rings. The van der Waals surface area contributed by atoms with Gasteiger partial charge in [-0.25, -0.2) is 4.98 Å². The average molecular weight is 301 g/mol. The molecule has 0 fully saturated rings. The first-order valence-corrected chi connectivity index (χ1v) is 7.57. The molecule has 1 rings (SSSR count). The highest BCUT2D eigenvalue weighted by Gasteiger charge is 2.06. The van der Waals surface area contributed by atoms with Crippen molar-refractivity contribution in [1.29, 1.82) is 0 Å². The molecule has 0 saturated carbocycles. The van der Waals surface area contributed by atoms with Gasteiger partial charge in [-0.3, -0.25) is 4.79 Å². The Morgan fingerprint density at radius 3 is 3.05 bits per heavy atom. The third-order valence-electron chi connectivity index (χ3n) is 2.82. The number of carbonyl (C=O) groups is 1. The zero-order valence-corrected chi connectivity index (χ0v) is 12.8. The summed E-state index contributed by atoms with van der Waals surface area (Å²) in [6.45, 7) is 3.84. The maximum atomic E-state index is 11.0. The quantitative estimate of drug-likeness (QED) is 0.534. The fraction of sp³-hybridized carbons (Fsp3) is 0.692. The number of carbonyl (C=O) groups excluding carboxylic acids is 1. The monoisotopic (exact) mass is 301 g/mol. The van der Waals surface area contributed by atoms with Crippen molar-refractivity contribution < 1.29 is 14.6 Å². The van der Waals surface area contributed by atoms with Crippen LogP contribution in [0.15, 0.2) is 5.51 Å². The molecule has 1 aromatic rings. The van der Waals surface area contributed by atoms with Crippen LogP contribution in [0.5, 0.6) is 0 Å². The van der Waals surface area contributed by atoms with E-state index in [9.17, 15) is 9.90 Å². The first-order chi connectivity index (χ1) is 9.63. The van der Waals surface area contributed by atoms with Crippen LogP contribution < -0.4 is 10.6 Å². The maximum absolute atomic E-state index is 11.0. The molecule has 3 N–H and O–H groups in total. The van der Waals surface area contributed by atoms with E-state index in [1.54, 1.807) is 18.4 Å². The van der Waals surface area contributed by atoms with E-state index in [0.29, 0.717) is 32.7 Å². The predicted molar refractivity (Wildman–Crippen MR) is 78.9 cm³/mol. The SMILES string of the molecule is CNC(=O)CCNCC(O)COCCc1scnc1C. The van der Waals surface area contributed by atoms with Crippen LogP contribution in [0.4, 0.5) is 0 Å². The van der Waals surface area contributed by atoms with Gasteiger partial charge in [0.2, 0.25) is 5.91 Å². The highest BCUT2D eigenvalue weighted by atomic mass is 32.1. The standard InChI is InChI=1S/C13H23N3O3S/c1-10-12(20-9-16-10)4-6-19-8-11(17)7-15-5-3-13(18)14-2/h9,11,15,17H,3-8H2,1-2H3,(H,14,18). The Balaban J connectivity index is 1.99. The molecule has 0 saturated heterocycles. The lowest BCUT2D eigenvalue weighted by molar-refractivity contribution is -0.120. The van der Waals surface area contributed by atoms with E-state index in [-0.39, 0.29) is 5.91 Å². The number of aryl methyl sites for hydroxylation is 1. The van der Waals surface area contributed by atoms with Crippen molar-refractivity contribution in [3.63, 3.8) is 0 Å². The number of aliphatic hydroxyl groups is 1. The molecular formula is C13H23N3O3S. The molecule has 1 aromatic heterocycles. The van der Waals surface area contributed by atoms with E-state index in [1.165, 1.54) is 4.88 Å². The highest BCUT2D eigenvalue weighted by molar-refractivity contribution is 7.09. The number of hydrogen-bond donors (Lipinski definition) is 3. The van der Waals surface area contributed by atoms with Crippen molar-refractivity contribution in [3.8, 4) is 0 Å². The fourth-order valence-corrected chi connectivity index (χ4v) is 2.37.